The summed E-state index contributed by atoms with van der Waals surface area (Å²) in [4.78, 5) is 3.97. The molecule has 0 saturated carbocycles. The average molecular weight is 169 g/mol. The minimum absolute atomic E-state index is 0.444. The molecule has 0 aliphatic carbocycles. The lowest BCUT2D eigenvalue weighted by Gasteiger charge is -1.89. The molecule has 2 N–H and O–H groups in total. The number of hydrogen-bond acceptors (Lipinski definition) is 3. The van der Waals surface area contributed by atoms with Crippen molar-refractivity contribution in [2.75, 3.05) is 5.73 Å². The molecule has 56 valence electrons. The lowest BCUT2D eigenvalue weighted by Crippen LogP contribution is -1.87. The van der Waals surface area contributed by atoms with Crippen molar-refractivity contribution >= 4 is 23.1 Å². The van der Waals surface area contributed by atoms with Crippen LogP contribution in [0.5, 0.6) is 0 Å². The highest BCUT2D eigenvalue weighted by molar-refractivity contribution is 6.30. The Bertz CT molecular complexity index is 394. The van der Waals surface area contributed by atoms with E-state index in [1.807, 2.05) is 0 Å². The van der Waals surface area contributed by atoms with E-state index in [2.05, 4.69) is 10.1 Å². The van der Waals surface area contributed by atoms with Crippen LogP contribution in [0.25, 0.3) is 5.65 Å². The van der Waals surface area contributed by atoms with Crippen LogP contribution in [0.4, 0.5) is 5.82 Å². The Balaban J connectivity index is 2.82. The van der Waals surface area contributed by atoms with Crippen molar-refractivity contribution in [3.63, 3.8) is 0 Å². The summed E-state index contributed by atoms with van der Waals surface area (Å²) < 4.78 is 1.57. The quantitative estimate of drug-likeness (QED) is 0.638. The fraction of sp³-hybridized carbons (Fsp3) is 0. The number of nitrogen functional groups attached to an aromatic ring is 1. The number of rotatable bonds is 0. The minimum atomic E-state index is 0.444. The van der Waals surface area contributed by atoms with E-state index >= 15 is 0 Å². The summed E-state index contributed by atoms with van der Waals surface area (Å²) in [6, 6.07) is 1.70. The van der Waals surface area contributed by atoms with Gasteiger partial charge >= 0.3 is 0 Å². The van der Waals surface area contributed by atoms with Crippen molar-refractivity contribution < 1.29 is 0 Å². The summed E-state index contributed by atoms with van der Waals surface area (Å²) in [7, 11) is 0. The van der Waals surface area contributed by atoms with E-state index in [4.69, 9.17) is 17.3 Å². The molecule has 4 nitrogen and oxygen atoms in total. The van der Waals surface area contributed by atoms with Gasteiger partial charge in [0.15, 0.2) is 5.65 Å². The number of fused-ring (bicyclic) bond motifs is 1. The second kappa shape index (κ2) is 2.10. The SMILES string of the molecule is Nc1cn2ncc(Cl)cc2n1. The topological polar surface area (TPSA) is 56.2 Å². The monoisotopic (exact) mass is 168 g/mol. The molecule has 11 heavy (non-hydrogen) atoms. The molecule has 0 atom stereocenters. The number of imidazole rings is 1. The van der Waals surface area contributed by atoms with E-state index in [0.717, 1.165) is 0 Å². The van der Waals surface area contributed by atoms with Gasteiger partial charge in [-0.05, 0) is 0 Å². The van der Waals surface area contributed by atoms with Gasteiger partial charge in [0, 0.05) is 6.07 Å². The van der Waals surface area contributed by atoms with Crippen LogP contribution in [0.15, 0.2) is 18.5 Å². The minimum Gasteiger partial charge on any atom is -0.382 e. The highest BCUT2D eigenvalue weighted by atomic mass is 35.5. The van der Waals surface area contributed by atoms with Crippen LogP contribution in [0.3, 0.4) is 0 Å². The molecule has 0 amide bonds. The fourth-order valence-corrected chi connectivity index (χ4v) is 1.01. The molecule has 2 aromatic rings. The van der Waals surface area contributed by atoms with Gasteiger partial charge in [-0.15, -0.1) is 0 Å². The normalized spacial score (nSPS) is 10.6. The second-order valence-electron chi connectivity index (χ2n) is 2.14. The van der Waals surface area contributed by atoms with Crippen LogP contribution in [-0.4, -0.2) is 14.6 Å². The number of anilines is 1. The van der Waals surface area contributed by atoms with Crippen molar-refractivity contribution in [3.05, 3.63) is 23.5 Å². The molecule has 0 unspecified atom stereocenters. The Morgan fingerprint density at radius 1 is 1.55 bits per heavy atom. The lowest BCUT2D eigenvalue weighted by molar-refractivity contribution is 0.936. The van der Waals surface area contributed by atoms with Crippen molar-refractivity contribution in [1.29, 1.82) is 0 Å². The first-order chi connectivity index (χ1) is 5.25. The maximum absolute atomic E-state index is 5.67. The Kier molecular flexibility index (Phi) is 1.22. The second-order valence-corrected chi connectivity index (χ2v) is 2.58. The molecule has 0 aliphatic heterocycles. The summed E-state index contributed by atoms with van der Waals surface area (Å²) in [5.74, 6) is 0.444. The zero-order chi connectivity index (χ0) is 7.84. The number of hydrogen-bond donors (Lipinski definition) is 1. The zero-order valence-corrected chi connectivity index (χ0v) is 6.28. The Morgan fingerprint density at radius 3 is 3.18 bits per heavy atom. The molecule has 2 rings (SSSR count). The van der Waals surface area contributed by atoms with Crippen molar-refractivity contribution in [2.24, 2.45) is 0 Å². The molecule has 0 aliphatic rings. The molecule has 0 bridgehead atoms. The van der Waals surface area contributed by atoms with Crippen LogP contribution in [0.2, 0.25) is 5.02 Å². The Labute approximate surface area is 67.6 Å². The van der Waals surface area contributed by atoms with E-state index in [9.17, 15) is 0 Å². The molecule has 0 aromatic carbocycles. The fourth-order valence-electron chi connectivity index (χ4n) is 0.873. The van der Waals surface area contributed by atoms with Gasteiger partial charge in [0.25, 0.3) is 0 Å². The van der Waals surface area contributed by atoms with Crippen LogP contribution in [-0.2, 0) is 0 Å². The first-order valence-electron chi connectivity index (χ1n) is 3.02. The maximum atomic E-state index is 5.67. The molecule has 5 heteroatoms. The maximum Gasteiger partial charge on any atom is 0.157 e. The van der Waals surface area contributed by atoms with E-state index in [0.29, 0.717) is 16.5 Å². The van der Waals surface area contributed by atoms with Crippen molar-refractivity contribution in [2.45, 2.75) is 0 Å². The number of nitrogens with zero attached hydrogens (tertiary/aromatic N) is 3. The first-order valence-corrected chi connectivity index (χ1v) is 3.40. The first kappa shape index (κ1) is 6.42. The predicted octanol–water partition coefficient (Wildman–Crippen LogP) is 0.965. The molecule has 0 radical (unpaired) electrons. The van der Waals surface area contributed by atoms with E-state index in [-0.39, 0.29) is 0 Å². The van der Waals surface area contributed by atoms with Crippen LogP contribution in [0.1, 0.15) is 0 Å². The van der Waals surface area contributed by atoms with Crippen molar-refractivity contribution in [3.8, 4) is 0 Å². The molecule has 0 fully saturated rings. The van der Waals surface area contributed by atoms with Gasteiger partial charge in [0.1, 0.15) is 5.82 Å². The molecule has 2 heterocycles. The van der Waals surface area contributed by atoms with E-state index < -0.39 is 0 Å². The van der Waals surface area contributed by atoms with Gasteiger partial charge in [0.2, 0.25) is 0 Å². The third-order valence-electron chi connectivity index (χ3n) is 1.31. The van der Waals surface area contributed by atoms with E-state index in [1.54, 1.807) is 16.8 Å². The van der Waals surface area contributed by atoms with Gasteiger partial charge in [-0.3, -0.25) is 0 Å². The van der Waals surface area contributed by atoms with Gasteiger partial charge in [-0.2, -0.15) is 5.10 Å². The number of aromatic nitrogens is 3. The predicted molar refractivity (Wildman–Crippen MR) is 42.4 cm³/mol. The van der Waals surface area contributed by atoms with Crippen molar-refractivity contribution in [1.82, 2.24) is 14.6 Å². The van der Waals surface area contributed by atoms with Gasteiger partial charge in [0.05, 0.1) is 17.4 Å². The highest BCUT2D eigenvalue weighted by Gasteiger charge is 1.98. The Morgan fingerprint density at radius 2 is 2.36 bits per heavy atom. The third kappa shape index (κ3) is 1.01. The molecular weight excluding hydrogens is 164 g/mol. The molecule has 2 aromatic heterocycles. The third-order valence-corrected chi connectivity index (χ3v) is 1.51. The number of nitrogens with two attached hydrogens (primary N) is 1. The summed E-state index contributed by atoms with van der Waals surface area (Å²) in [5.41, 5.74) is 6.09. The van der Waals surface area contributed by atoms with Crippen LogP contribution < -0.4 is 5.73 Å². The van der Waals surface area contributed by atoms with Gasteiger partial charge in [-0.25, -0.2) is 9.50 Å². The van der Waals surface area contributed by atoms with Gasteiger partial charge in [-0.1, -0.05) is 11.6 Å². The summed E-state index contributed by atoms with van der Waals surface area (Å²) in [6.45, 7) is 0. The lowest BCUT2D eigenvalue weighted by atomic mass is 10.6. The van der Waals surface area contributed by atoms with E-state index in [1.165, 1.54) is 6.20 Å². The number of halogens is 1. The standard InChI is InChI=1S/C6H5ClN4/c7-4-1-6-10-5(8)3-11(6)9-2-4/h1-3H,8H2. The largest absolute Gasteiger partial charge is 0.382 e. The van der Waals surface area contributed by atoms with Crippen LogP contribution >= 0.6 is 11.6 Å². The van der Waals surface area contributed by atoms with Gasteiger partial charge < -0.3 is 5.73 Å². The molecule has 0 saturated heterocycles. The average Bonchev–Trinajstić information content (AvgIpc) is 2.27. The summed E-state index contributed by atoms with van der Waals surface area (Å²) >= 11 is 5.67. The summed E-state index contributed by atoms with van der Waals surface area (Å²) in [6.07, 6.45) is 3.17. The summed E-state index contributed by atoms with van der Waals surface area (Å²) in [5, 5.41) is 4.50. The zero-order valence-electron chi connectivity index (χ0n) is 5.53. The highest BCUT2D eigenvalue weighted by Crippen LogP contribution is 2.10. The van der Waals surface area contributed by atoms with Crippen LogP contribution in [0, 0.1) is 0 Å². The smallest absolute Gasteiger partial charge is 0.157 e. The molecular formula is C6H5ClN4. The molecule has 0 spiro atoms. The Hall–Kier alpha value is -1.29.